The zero-order valence-electron chi connectivity index (χ0n) is 14.7. The molecule has 0 aliphatic heterocycles. The highest BCUT2D eigenvalue weighted by Crippen LogP contribution is 2.15. The number of aromatic nitrogens is 2. The van der Waals surface area contributed by atoms with Crippen molar-refractivity contribution in [1.82, 2.24) is 15.0 Å². The highest BCUT2D eigenvalue weighted by molar-refractivity contribution is 5.28. The SMILES string of the molecule is COc1cccc(CN(C)Cc2nc(COc3ccc(F)cc3)no2)c1. The second-order valence-corrected chi connectivity index (χ2v) is 5.87. The number of halogens is 1. The Morgan fingerprint density at radius 2 is 1.88 bits per heavy atom. The Kier molecular flexibility index (Phi) is 5.80. The van der Waals surface area contributed by atoms with Crippen LogP contribution in [0.4, 0.5) is 4.39 Å². The third-order valence-corrected chi connectivity index (χ3v) is 3.68. The minimum atomic E-state index is -0.307. The lowest BCUT2D eigenvalue weighted by Gasteiger charge is -2.14. The molecule has 0 atom stereocenters. The van der Waals surface area contributed by atoms with E-state index in [1.807, 2.05) is 31.3 Å². The van der Waals surface area contributed by atoms with Crippen molar-refractivity contribution < 1.29 is 18.4 Å². The summed E-state index contributed by atoms with van der Waals surface area (Å²) in [5.74, 6) is 2.02. The molecule has 0 saturated heterocycles. The molecule has 2 aromatic carbocycles. The Hall–Kier alpha value is -2.93. The molecule has 3 rings (SSSR count). The summed E-state index contributed by atoms with van der Waals surface area (Å²) < 4.78 is 28.9. The lowest BCUT2D eigenvalue weighted by molar-refractivity contribution is 0.256. The van der Waals surface area contributed by atoms with Gasteiger partial charge < -0.3 is 14.0 Å². The monoisotopic (exact) mass is 357 g/mol. The van der Waals surface area contributed by atoms with E-state index in [4.69, 9.17) is 14.0 Å². The lowest BCUT2D eigenvalue weighted by atomic mass is 10.2. The molecule has 0 unspecified atom stereocenters. The van der Waals surface area contributed by atoms with Gasteiger partial charge in [0.25, 0.3) is 0 Å². The van der Waals surface area contributed by atoms with Crippen molar-refractivity contribution in [3.63, 3.8) is 0 Å². The summed E-state index contributed by atoms with van der Waals surface area (Å²) in [5.41, 5.74) is 1.13. The van der Waals surface area contributed by atoms with Gasteiger partial charge in [-0.15, -0.1) is 0 Å². The molecule has 0 saturated carbocycles. The number of ether oxygens (including phenoxy) is 2. The van der Waals surface area contributed by atoms with E-state index in [0.717, 1.165) is 17.9 Å². The molecule has 6 nitrogen and oxygen atoms in total. The molecular formula is C19H20FN3O3. The van der Waals surface area contributed by atoms with Crippen LogP contribution in [0.1, 0.15) is 17.3 Å². The van der Waals surface area contributed by atoms with E-state index in [1.54, 1.807) is 19.2 Å². The molecule has 0 amide bonds. The van der Waals surface area contributed by atoms with Gasteiger partial charge >= 0.3 is 0 Å². The predicted molar refractivity (Wildman–Crippen MR) is 93.2 cm³/mol. The highest BCUT2D eigenvalue weighted by Gasteiger charge is 2.10. The fourth-order valence-electron chi connectivity index (χ4n) is 2.46. The van der Waals surface area contributed by atoms with Crippen LogP contribution in [0.2, 0.25) is 0 Å². The van der Waals surface area contributed by atoms with Crippen LogP contribution >= 0.6 is 0 Å². The lowest BCUT2D eigenvalue weighted by Crippen LogP contribution is -2.17. The van der Waals surface area contributed by atoms with Crippen LogP contribution in [-0.4, -0.2) is 29.2 Å². The molecular weight excluding hydrogens is 337 g/mol. The average Bonchev–Trinajstić information content (AvgIpc) is 3.08. The molecule has 26 heavy (non-hydrogen) atoms. The minimum Gasteiger partial charge on any atom is -0.497 e. The van der Waals surface area contributed by atoms with Crippen molar-refractivity contribution in [2.45, 2.75) is 19.7 Å². The maximum Gasteiger partial charge on any atom is 0.240 e. The largest absolute Gasteiger partial charge is 0.497 e. The van der Waals surface area contributed by atoms with Gasteiger partial charge in [-0.2, -0.15) is 4.98 Å². The van der Waals surface area contributed by atoms with E-state index in [-0.39, 0.29) is 12.4 Å². The van der Waals surface area contributed by atoms with Crippen molar-refractivity contribution in [1.29, 1.82) is 0 Å². The quantitative estimate of drug-likeness (QED) is 0.616. The average molecular weight is 357 g/mol. The van der Waals surface area contributed by atoms with E-state index in [2.05, 4.69) is 15.0 Å². The van der Waals surface area contributed by atoms with Crippen molar-refractivity contribution in [3.05, 3.63) is 71.6 Å². The van der Waals surface area contributed by atoms with Crippen LogP contribution < -0.4 is 9.47 Å². The van der Waals surface area contributed by atoms with Crippen LogP contribution in [-0.2, 0) is 19.7 Å². The third kappa shape index (κ3) is 5.03. The van der Waals surface area contributed by atoms with E-state index in [9.17, 15) is 4.39 Å². The first-order chi connectivity index (χ1) is 12.6. The van der Waals surface area contributed by atoms with Crippen LogP contribution in [0.5, 0.6) is 11.5 Å². The zero-order valence-corrected chi connectivity index (χ0v) is 14.7. The second kappa shape index (κ2) is 8.44. The van der Waals surface area contributed by atoms with E-state index in [0.29, 0.717) is 24.0 Å². The number of rotatable bonds is 8. The Morgan fingerprint density at radius 3 is 2.65 bits per heavy atom. The van der Waals surface area contributed by atoms with Gasteiger partial charge in [0.2, 0.25) is 11.7 Å². The summed E-state index contributed by atoms with van der Waals surface area (Å²) in [6.07, 6.45) is 0. The van der Waals surface area contributed by atoms with Crippen molar-refractivity contribution in [2.75, 3.05) is 14.2 Å². The molecule has 0 spiro atoms. The molecule has 136 valence electrons. The molecule has 1 heterocycles. The van der Waals surface area contributed by atoms with Crippen LogP contribution in [0, 0.1) is 5.82 Å². The number of methoxy groups -OCH3 is 1. The molecule has 3 aromatic rings. The highest BCUT2D eigenvalue weighted by atomic mass is 19.1. The van der Waals surface area contributed by atoms with Crippen molar-refractivity contribution >= 4 is 0 Å². The first-order valence-electron chi connectivity index (χ1n) is 8.13. The maximum absolute atomic E-state index is 12.9. The summed E-state index contributed by atoms with van der Waals surface area (Å²) in [7, 11) is 3.62. The van der Waals surface area contributed by atoms with Gasteiger partial charge in [0.15, 0.2) is 6.61 Å². The van der Waals surface area contributed by atoms with Gasteiger partial charge in [0.1, 0.15) is 17.3 Å². The van der Waals surface area contributed by atoms with Crippen LogP contribution in [0.15, 0.2) is 53.1 Å². The number of benzene rings is 2. The molecule has 0 bridgehead atoms. The normalized spacial score (nSPS) is 10.9. The Balaban J connectivity index is 1.51. The van der Waals surface area contributed by atoms with Crippen molar-refractivity contribution in [3.8, 4) is 11.5 Å². The standard InChI is InChI=1S/C19H20FN3O3/c1-23(11-14-4-3-5-17(10-14)24-2)12-19-21-18(22-26-19)13-25-16-8-6-15(20)7-9-16/h3-10H,11-13H2,1-2H3. The predicted octanol–water partition coefficient (Wildman–Crippen LogP) is 3.43. The van der Waals surface area contributed by atoms with Crippen molar-refractivity contribution in [2.24, 2.45) is 0 Å². The minimum absolute atomic E-state index is 0.161. The van der Waals surface area contributed by atoms with Crippen LogP contribution in [0.3, 0.4) is 0 Å². The van der Waals surface area contributed by atoms with Crippen LogP contribution in [0.25, 0.3) is 0 Å². The number of nitrogens with zero attached hydrogens (tertiary/aromatic N) is 3. The fraction of sp³-hybridized carbons (Fsp3) is 0.263. The first-order valence-corrected chi connectivity index (χ1v) is 8.13. The van der Waals surface area contributed by atoms with E-state index < -0.39 is 0 Å². The van der Waals surface area contributed by atoms with Gasteiger partial charge in [0, 0.05) is 6.54 Å². The molecule has 0 aliphatic carbocycles. The first kappa shape index (κ1) is 17.9. The Bertz CT molecular complexity index is 836. The van der Waals surface area contributed by atoms with Gasteiger partial charge in [-0.25, -0.2) is 4.39 Å². The van der Waals surface area contributed by atoms with Gasteiger partial charge in [0.05, 0.1) is 13.7 Å². The molecule has 7 heteroatoms. The smallest absolute Gasteiger partial charge is 0.240 e. The second-order valence-electron chi connectivity index (χ2n) is 5.87. The summed E-state index contributed by atoms with van der Waals surface area (Å²) >= 11 is 0. The third-order valence-electron chi connectivity index (χ3n) is 3.68. The summed E-state index contributed by atoms with van der Waals surface area (Å²) in [5, 5.41) is 3.90. The van der Waals surface area contributed by atoms with E-state index in [1.165, 1.54) is 12.1 Å². The zero-order chi connectivity index (χ0) is 18.4. The van der Waals surface area contributed by atoms with Gasteiger partial charge in [-0.1, -0.05) is 17.3 Å². The Morgan fingerprint density at radius 1 is 1.08 bits per heavy atom. The number of hydrogen-bond acceptors (Lipinski definition) is 6. The molecule has 0 N–H and O–H groups in total. The summed E-state index contributed by atoms with van der Waals surface area (Å²) in [6.45, 7) is 1.40. The van der Waals surface area contributed by atoms with E-state index >= 15 is 0 Å². The van der Waals surface area contributed by atoms with Gasteiger partial charge in [-0.05, 0) is 49.0 Å². The molecule has 0 aliphatic rings. The fourth-order valence-corrected chi connectivity index (χ4v) is 2.46. The maximum atomic E-state index is 12.9. The number of hydrogen-bond donors (Lipinski definition) is 0. The molecule has 0 fully saturated rings. The molecule has 1 aromatic heterocycles. The topological polar surface area (TPSA) is 60.6 Å². The Labute approximate surface area is 151 Å². The van der Waals surface area contributed by atoms with Gasteiger partial charge in [-0.3, -0.25) is 4.90 Å². The summed E-state index contributed by atoms with van der Waals surface area (Å²) in [4.78, 5) is 6.38. The summed E-state index contributed by atoms with van der Waals surface area (Å²) in [6, 6.07) is 13.7. The molecule has 0 radical (unpaired) electrons.